The van der Waals surface area contributed by atoms with Crippen molar-refractivity contribution in [1.82, 2.24) is 8.96 Å². The van der Waals surface area contributed by atoms with E-state index in [2.05, 4.69) is 10.3 Å². The van der Waals surface area contributed by atoms with Crippen LogP contribution in [0.4, 0.5) is 14.7 Å². The molecule has 0 aliphatic carbocycles. The predicted octanol–water partition coefficient (Wildman–Crippen LogP) is 3.51. The minimum Gasteiger partial charge on any atom is -0.351 e. The van der Waals surface area contributed by atoms with Crippen LogP contribution in [-0.2, 0) is 16.6 Å². The SMILES string of the molecule is CC(C)S(=O)(=O)n1c(NCc2ccc(F)cc2F)nc2ccc(C=N)cc21. The van der Waals surface area contributed by atoms with Crippen molar-refractivity contribution in [2.24, 2.45) is 0 Å². The first kappa shape index (κ1) is 19.0. The third-order valence-electron chi connectivity index (χ3n) is 4.11. The molecule has 6 nitrogen and oxygen atoms in total. The van der Waals surface area contributed by atoms with Gasteiger partial charge in [0.2, 0.25) is 16.0 Å². The van der Waals surface area contributed by atoms with Gasteiger partial charge in [0.1, 0.15) is 11.6 Å². The molecule has 0 radical (unpaired) electrons. The number of halogens is 2. The molecular weight excluding hydrogens is 374 g/mol. The number of aromatic nitrogens is 2. The summed E-state index contributed by atoms with van der Waals surface area (Å²) in [5.74, 6) is -1.39. The van der Waals surface area contributed by atoms with E-state index in [4.69, 9.17) is 5.41 Å². The normalized spacial score (nSPS) is 11.9. The first-order chi connectivity index (χ1) is 12.7. The molecule has 1 aromatic heterocycles. The maximum absolute atomic E-state index is 13.9. The lowest BCUT2D eigenvalue weighted by atomic mass is 10.2. The van der Waals surface area contributed by atoms with Gasteiger partial charge in [0, 0.05) is 24.4 Å². The second-order valence-corrected chi connectivity index (χ2v) is 8.61. The molecule has 2 aromatic carbocycles. The molecule has 0 aliphatic rings. The van der Waals surface area contributed by atoms with Crippen molar-refractivity contribution in [2.75, 3.05) is 5.32 Å². The summed E-state index contributed by atoms with van der Waals surface area (Å²) in [6.45, 7) is 3.02. The maximum atomic E-state index is 13.9. The minimum atomic E-state index is -3.77. The monoisotopic (exact) mass is 392 g/mol. The van der Waals surface area contributed by atoms with Crippen molar-refractivity contribution >= 4 is 33.2 Å². The summed E-state index contributed by atoms with van der Waals surface area (Å²) < 4.78 is 53.7. The zero-order valence-corrected chi connectivity index (χ0v) is 15.5. The fourth-order valence-corrected chi connectivity index (χ4v) is 3.77. The van der Waals surface area contributed by atoms with Crippen LogP contribution in [0.2, 0.25) is 0 Å². The van der Waals surface area contributed by atoms with Crippen LogP contribution in [0, 0.1) is 17.0 Å². The van der Waals surface area contributed by atoms with Gasteiger partial charge >= 0.3 is 0 Å². The Kier molecular flexibility index (Phi) is 4.97. The fourth-order valence-electron chi connectivity index (χ4n) is 2.58. The molecule has 0 amide bonds. The summed E-state index contributed by atoms with van der Waals surface area (Å²) in [5, 5.41) is 9.49. The van der Waals surface area contributed by atoms with E-state index in [-0.39, 0.29) is 18.1 Å². The highest BCUT2D eigenvalue weighted by atomic mass is 32.2. The second-order valence-electron chi connectivity index (χ2n) is 6.28. The molecule has 0 saturated carbocycles. The van der Waals surface area contributed by atoms with Gasteiger partial charge in [-0.05, 0) is 37.6 Å². The highest BCUT2D eigenvalue weighted by molar-refractivity contribution is 7.90. The largest absolute Gasteiger partial charge is 0.351 e. The van der Waals surface area contributed by atoms with E-state index in [1.807, 2.05) is 0 Å². The Bertz CT molecular complexity index is 1120. The quantitative estimate of drug-likeness (QED) is 0.629. The summed E-state index contributed by atoms with van der Waals surface area (Å²) in [7, 11) is -3.77. The molecule has 0 aliphatic heterocycles. The Hall–Kier alpha value is -2.81. The van der Waals surface area contributed by atoms with Crippen molar-refractivity contribution in [2.45, 2.75) is 25.6 Å². The average molecular weight is 392 g/mol. The highest BCUT2D eigenvalue weighted by Crippen LogP contribution is 2.25. The molecule has 0 saturated heterocycles. The summed E-state index contributed by atoms with van der Waals surface area (Å²) in [6, 6.07) is 8.00. The zero-order valence-electron chi connectivity index (χ0n) is 14.7. The zero-order chi connectivity index (χ0) is 19.8. The molecule has 27 heavy (non-hydrogen) atoms. The van der Waals surface area contributed by atoms with Crippen molar-refractivity contribution in [3.05, 3.63) is 59.2 Å². The van der Waals surface area contributed by atoms with Crippen LogP contribution in [0.25, 0.3) is 11.0 Å². The van der Waals surface area contributed by atoms with Crippen LogP contribution in [0.15, 0.2) is 36.4 Å². The third-order valence-corrected chi connectivity index (χ3v) is 6.18. The number of anilines is 1. The lowest BCUT2D eigenvalue weighted by Crippen LogP contribution is -2.24. The molecule has 2 N–H and O–H groups in total. The second kappa shape index (κ2) is 7.07. The van der Waals surface area contributed by atoms with Gasteiger partial charge in [0.05, 0.1) is 16.3 Å². The molecule has 142 valence electrons. The van der Waals surface area contributed by atoms with Gasteiger partial charge in [0.25, 0.3) is 0 Å². The summed E-state index contributed by atoms with van der Waals surface area (Å²) in [4.78, 5) is 4.30. The van der Waals surface area contributed by atoms with Crippen LogP contribution in [-0.4, -0.2) is 28.8 Å². The maximum Gasteiger partial charge on any atom is 0.244 e. The first-order valence-corrected chi connectivity index (χ1v) is 9.69. The Morgan fingerprint density at radius 1 is 1.22 bits per heavy atom. The molecule has 0 atom stereocenters. The summed E-state index contributed by atoms with van der Waals surface area (Å²) >= 11 is 0. The standard InChI is InChI=1S/C18H18F2N4O2S/c1-11(2)27(25,26)24-17-7-12(9-21)3-6-16(17)23-18(24)22-10-13-4-5-14(19)8-15(13)20/h3-9,11,21H,10H2,1-2H3,(H,22,23). The third kappa shape index (κ3) is 3.55. The van der Waals surface area contributed by atoms with Crippen LogP contribution >= 0.6 is 0 Å². The van der Waals surface area contributed by atoms with Crippen molar-refractivity contribution in [1.29, 1.82) is 5.41 Å². The molecule has 3 aromatic rings. The van der Waals surface area contributed by atoms with Gasteiger partial charge < -0.3 is 10.7 Å². The minimum absolute atomic E-state index is 0.0320. The number of hydrogen-bond donors (Lipinski definition) is 2. The average Bonchev–Trinajstić information content (AvgIpc) is 2.98. The van der Waals surface area contributed by atoms with E-state index >= 15 is 0 Å². The topological polar surface area (TPSA) is 87.8 Å². The lowest BCUT2D eigenvalue weighted by molar-refractivity contribution is 0.573. The van der Waals surface area contributed by atoms with Crippen LogP contribution in [0.5, 0.6) is 0 Å². The number of hydrogen-bond acceptors (Lipinski definition) is 5. The van der Waals surface area contributed by atoms with E-state index in [1.54, 1.807) is 32.0 Å². The molecular formula is C18H18F2N4O2S. The number of nitrogens with zero attached hydrogens (tertiary/aromatic N) is 2. The van der Waals surface area contributed by atoms with Gasteiger partial charge in [-0.25, -0.2) is 26.2 Å². The van der Waals surface area contributed by atoms with Crippen molar-refractivity contribution in [3.8, 4) is 0 Å². The van der Waals surface area contributed by atoms with E-state index in [0.29, 0.717) is 16.6 Å². The van der Waals surface area contributed by atoms with Gasteiger partial charge in [0.15, 0.2) is 0 Å². The molecule has 0 unspecified atom stereocenters. The first-order valence-electron chi connectivity index (χ1n) is 8.19. The van der Waals surface area contributed by atoms with E-state index in [9.17, 15) is 17.2 Å². The van der Waals surface area contributed by atoms with Crippen molar-refractivity contribution < 1.29 is 17.2 Å². The highest BCUT2D eigenvalue weighted by Gasteiger charge is 2.25. The number of fused-ring (bicyclic) bond motifs is 1. The molecule has 0 spiro atoms. The molecule has 9 heteroatoms. The van der Waals surface area contributed by atoms with Gasteiger partial charge in [-0.1, -0.05) is 12.1 Å². The summed E-state index contributed by atoms with van der Waals surface area (Å²) in [6.07, 6.45) is 1.11. The summed E-state index contributed by atoms with van der Waals surface area (Å²) in [5.41, 5.74) is 1.45. The fraction of sp³-hybridized carbons (Fsp3) is 0.222. The smallest absolute Gasteiger partial charge is 0.244 e. The Balaban J connectivity index is 2.10. The Labute approximate surface area is 155 Å². The molecule has 0 fully saturated rings. The predicted molar refractivity (Wildman–Crippen MR) is 101 cm³/mol. The van der Waals surface area contributed by atoms with Gasteiger partial charge in [-0.2, -0.15) is 0 Å². The number of imidazole rings is 1. The molecule has 3 rings (SSSR count). The number of rotatable bonds is 6. The van der Waals surface area contributed by atoms with Crippen LogP contribution in [0.1, 0.15) is 25.0 Å². The van der Waals surface area contributed by atoms with E-state index in [0.717, 1.165) is 22.3 Å². The van der Waals surface area contributed by atoms with E-state index < -0.39 is 26.9 Å². The molecule has 1 heterocycles. The lowest BCUT2D eigenvalue weighted by Gasteiger charge is -2.14. The number of nitrogens with one attached hydrogen (secondary N) is 2. The molecule has 0 bridgehead atoms. The van der Waals surface area contributed by atoms with Gasteiger partial charge in [-0.3, -0.25) is 0 Å². The van der Waals surface area contributed by atoms with E-state index in [1.165, 1.54) is 6.07 Å². The Morgan fingerprint density at radius 3 is 2.59 bits per heavy atom. The van der Waals surface area contributed by atoms with Crippen molar-refractivity contribution in [3.63, 3.8) is 0 Å². The van der Waals surface area contributed by atoms with Crippen LogP contribution in [0.3, 0.4) is 0 Å². The van der Waals surface area contributed by atoms with Crippen LogP contribution < -0.4 is 5.32 Å². The van der Waals surface area contributed by atoms with Gasteiger partial charge in [-0.15, -0.1) is 0 Å². The number of benzene rings is 2. The Morgan fingerprint density at radius 2 is 1.96 bits per heavy atom.